The molecule has 36 heavy (non-hydrogen) atoms. The maximum absolute atomic E-state index is 13.6. The summed E-state index contributed by atoms with van der Waals surface area (Å²) in [4.78, 5) is 27.4. The first kappa shape index (κ1) is 23.4. The molecular weight excluding hydrogens is 454 g/mol. The summed E-state index contributed by atoms with van der Waals surface area (Å²) in [5.74, 6) is 0.451. The molecule has 0 fully saturated rings. The first-order valence-electron chi connectivity index (χ1n) is 12.2. The maximum Gasteiger partial charge on any atom is 0.325 e. The fourth-order valence-corrected chi connectivity index (χ4v) is 4.80. The normalized spacial score (nSPS) is 14.5. The Morgan fingerprint density at radius 1 is 1.00 bits per heavy atom. The molecule has 8 nitrogen and oxygen atoms in total. The third-order valence-electron chi connectivity index (χ3n) is 6.37. The third-order valence-corrected chi connectivity index (χ3v) is 6.37. The van der Waals surface area contributed by atoms with E-state index in [-0.39, 0.29) is 25.2 Å². The molecule has 2 aromatic heterocycles. The van der Waals surface area contributed by atoms with Gasteiger partial charge in [-0.25, -0.2) is 9.48 Å². The van der Waals surface area contributed by atoms with Crippen molar-refractivity contribution in [3.8, 4) is 11.5 Å². The molecule has 1 aliphatic heterocycles. The van der Waals surface area contributed by atoms with Crippen LogP contribution in [0.3, 0.4) is 0 Å². The molecule has 0 saturated heterocycles. The van der Waals surface area contributed by atoms with Crippen LogP contribution < -0.4 is 5.32 Å². The smallest absolute Gasteiger partial charge is 0.325 e. The molecule has 2 aromatic carbocycles. The summed E-state index contributed by atoms with van der Waals surface area (Å²) < 4.78 is 9.10. The number of fused-ring (bicyclic) bond motifs is 3. The Morgan fingerprint density at radius 2 is 1.72 bits per heavy atom. The van der Waals surface area contributed by atoms with E-state index in [4.69, 9.17) is 9.84 Å². The summed E-state index contributed by atoms with van der Waals surface area (Å²) >= 11 is 0. The van der Waals surface area contributed by atoms with Gasteiger partial charge in [-0.3, -0.25) is 4.79 Å². The van der Waals surface area contributed by atoms with Crippen molar-refractivity contribution < 1.29 is 14.3 Å². The van der Waals surface area contributed by atoms with Gasteiger partial charge in [0.1, 0.15) is 12.4 Å². The Labute approximate surface area is 210 Å². The van der Waals surface area contributed by atoms with Crippen LogP contribution in [0.2, 0.25) is 0 Å². The van der Waals surface area contributed by atoms with Crippen LogP contribution in [0, 0.1) is 0 Å². The minimum absolute atomic E-state index is 0.192. The van der Waals surface area contributed by atoms with Crippen LogP contribution in [0.15, 0.2) is 79.0 Å². The van der Waals surface area contributed by atoms with E-state index in [2.05, 4.69) is 16.8 Å². The van der Waals surface area contributed by atoms with E-state index in [9.17, 15) is 9.59 Å². The van der Waals surface area contributed by atoms with Crippen LogP contribution in [0.25, 0.3) is 11.5 Å². The van der Waals surface area contributed by atoms with Gasteiger partial charge >= 0.3 is 12.0 Å². The Morgan fingerprint density at radius 3 is 2.42 bits per heavy atom. The lowest BCUT2D eigenvalue weighted by Crippen LogP contribution is -2.44. The quantitative estimate of drug-likeness (QED) is 0.412. The van der Waals surface area contributed by atoms with Crippen LogP contribution in [-0.4, -0.2) is 44.4 Å². The number of hydrogen-bond donors (Lipinski definition) is 1. The number of benzene rings is 2. The number of amides is 2. The molecule has 1 unspecified atom stereocenters. The number of nitrogens with zero attached hydrogens (tertiary/aromatic N) is 4. The Balaban J connectivity index is 1.66. The summed E-state index contributed by atoms with van der Waals surface area (Å²) in [6.45, 7) is 4.22. The third kappa shape index (κ3) is 4.26. The number of carbonyl (C=O) groups excluding carboxylic acids is 2. The second-order valence-corrected chi connectivity index (χ2v) is 8.56. The van der Waals surface area contributed by atoms with Crippen LogP contribution >= 0.6 is 0 Å². The average molecular weight is 484 g/mol. The number of para-hydroxylation sites is 1. The van der Waals surface area contributed by atoms with Gasteiger partial charge in [0, 0.05) is 11.8 Å². The molecule has 0 radical (unpaired) electrons. The van der Waals surface area contributed by atoms with Crippen molar-refractivity contribution in [3.63, 3.8) is 0 Å². The Kier molecular flexibility index (Phi) is 6.58. The summed E-state index contributed by atoms with van der Waals surface area (Å²) in [5, 5.41) is 7.72. The fraction of sp³-hybridized carbons (Fsp3) is 0.250. The average Bonchev–Trinajstić information content (AvgIpc) is 3.49. The zero-order valence-electron chi connectivity index (χ0n) is 20.4. The number of hydrogen-bond acceptors (Lipinski definition) is 4. The number of urea groups is 1. The molecule has 184 valence electrons. The highest BCUT2D eigenvalue weighted by molar-refractivity contribution is 5.81. The van der Waals surface area contributed by atoms with Crippen LogP contribution in [-0.2, 0) is 22.5 Å². The molecule has 5 rings (SSSR count). The van der Waals surface area contributed by atoms with Crippen LogP contribution in [0.5, 0.6) is 0 Å². The fourth-order valence-electron chi connectivity index (χ4n) is 4.80. The van der Waals surface area contributed by atoms with Gasteiger partial charge in [0.25, 0.3) is 0 Å². The minimum atomic E-state index is -0.466. The number of aryl methyl sites for hydroxylation is 1. The van der Waals surface area contributed by atoms with Gasteiger partial charge < -0.3 is 19.5 Å². The highest BCUT2D eigenvalue weighted by Gasteiger charge is 2.36. The largest absolute Gasteiger partial charge is 0.465 e. The number of esters is 1. The van der Waals surface area contributed by atoms with E-state index in [1.807, 2.05) is 83.7 Å². The molecule has 3 heterocycles. The molecule has 0 saturated carbocycles. The standard InChI is InChI=1S/C28H29N5O3/c1-3-23-22-19-32(28(35)29-18-25(34)36-4-2)26(20-12-7-5-8-13-20)24-16-11-17-31(24)27(22)33(30-23)21-14-9-6-10-15-21/h5-17,26H,3-4,18-19H2,1-2H3,(H,29,35). The van der Waals surface area contributed by atoms with Crippen LogP contribution in [0.4, 0.5) is 4.79 Å². The van der Waals surface area contributed by atoms with Crippen molar-refractivity contribution >= 4 is 12.0 Å². The first-order valence-corrected chi connectivity index (χ1v) is 12.2. The molecule has 0 spiro atoms. The Bertz CT molecular complexity index is 1360. The molecule has 2 amide bonds. The van der Waals surface area contributed by atoms with Gasteiger partial charge in [0.15, 0.2) is 0 Å². The molecular formula is C28H29N5O3. The zero-order chi connectivity index (χ0) is 25.1. The SMILES string of the molecule is CCOC(=O)CNC(=O)N1Cc2c(CC)nn(-c3ccccc3)c2-n2cccc2C1c1ccccc1. The lowest BCUT2D eigenvalue weighted by molar-refractivity contribution is -0.141. The van der Waals surface area contributed by atoms with Gasteiger partial charge in [-0.2, -0.15) is 5.10 Å². The molecule has 0 aliphatic carbocycles. The number of aromatic nitrogens is 3. The van der Waals surface area contributed by atoms with Crippen molar-refractivity contribution in [1.82, 2.24) is 24.6 Å². The summed E-state index contributed by atoms with van der Waals surface area (Å²) in [7, 11) is 0. The zero-order valence-corrected chi connectivity index (χ0v) is 20.4. The number of carbonyl (C=O) groups is 2. The first-order chi connectivity index (χ1) is 17.6. The van der Waals surface area contributed by atoms with Gasteiger partial charge in [0.05, 0.1) is 36.3 Å². The summed E-state index contributed by atoms with van der Waals surface area (Å²) in [6.07, 6.45) is 2.73. The molecule has 1 N–H and O–H groups in total. The highest BCUT2D eigenvalue weighted by Crippen LogP contribution is 2.38. The topological polar surface area (TPSA) is 81.4 Å². The van der Waals surface area contributed by atoms with Crippen LogP contribution in [0.1, 0.15) is 42.4 Å². The number of ether oxygens (including phenoxy) is 1. The lowest BCUT2D eigenvalue weighted by Gasteiger charge is -2.31. The second-order valence-electron chi connectivity index (χ2n) is 8.56. The highest BCUT2D eigenvalue weighted by atomic mass is 16.5. The molecule has 4 aromatic rings. The van der Waals surface area contributed by atoms with E-state index in [1.54, 1.807) is 11.8 Å². The lowest BCUT2D eigenvalue weighted by atomic mass is 10.0. The molecule has 1 atom stereocenters. The van der Waals surface area contributed by atoms with Crippen molar-refractivity contribution in [2.45, 2.75) is 32.9 Å². The molecule has 8 heteroatoms. The monoisotopic (exact) mass is 483 g/mol. The van der Waals surface area contributed by atoms with Gasteiger partial charge in [-0.05, 0) is 43.2 Å². The van der Waals surface area contributed by atoms with Crippen molar-refractivity contribution in [3.05, 3.63) is 102 Å². The summed E-state index contributed by atoms with van der Waals surface area (Å²) in [5.41, 5.74) is 4.76. The van der Waals surface area contributed by atoms with Gasteiger partial charge in [-0.1, -0.05) is 55.5 Å². The minimum Gasteiger partial charge on any atom is -0.465 e. The van der Waals surface area contributed by atoms with E-state index in [0.29, 0.717) is 13.0 Å². The van der Waals surface area contributed by atoms with Gasteiger partial charge in [-0.15, -0.1) is 0 Å². The van der Waals surface area contributed by atoms with Crippen molar-refractivity contribution in [2.24, 2.45) is 0 Å². The number of nitrogens with one attached hydrogen (secondary N) is 1. The molecule has 1 aliphatic rings. The van der Waals surface area contributed by atoms with E-state index in [1.165, 1.54) is 0 Å². The van der Waals surface area contributed by atoms with E-state index < -0.39 is 5.97 Å². The second kappa shape index (κ2) is 10.1. The number of rotatable bonds is 6. The van der Waals surface area contributed by atoms with Crippen molar-refractivity contribution in [1.29, 1.82) is 0 Å². The van der Waals surface area contributed by atoms with E-state index >= 15 is 0 Å². The van der Waals surface area contributed by atoms with Gasteiger partial charge in [0.2, 0.25) is 0 Å². The van der Waals surface area contributed by atoms with E-state index in [0.717, 1.165) is 34.0 Å². The predicted octanol–water partition coefficient (Wildman–Crippen LogP) is 4.40. The molecule has 0 bridgehead atoms. The predicted molar refractivity (Wildman–Crippen MR) is 136 cm³/mol. The Hall–Kier alpha value is -4.33. The summed E-state index contributed by atoms with van der Waals surface area (Å²) in [6, 6.07) is 23.3. The van der Waals surface area contributed by atoms with Crippen molar-refractivity contribution in [2.75, 3.05) is 13.2 Å². The maximum atomic E-state index is 13.6.